The van der Waals surface area contributed by atoms with Crippen molar-refractivity contribution >= 4 is 19.1 Å². The first-order chi connectivity index (χ1) is 13.3. The first-order valence-corrected chi connectivity index (χ1v) is 13.1. The van der Waals surface area contributed by atoms with Crippen LogP contribution < -0.4 is 4.73 Å². The smallest absolute Gasteiger partial charge is 0.242 e. The van der Waals surface area contributed by atoms with E-state index in [1.54, 1.807) is 6.07 Å². The second kappa shape index (κ2) is 8.85. The van der Waals surface area contributed by atoms with Gasteiger partial charge in [-0.1, -0.05) is 50.0 Å². The lowest BCUT2D eigenvalue weighted by Crippen LogP contribution is -2.26. The highest BCUT2D eigenvalue weighted by Crippen LogP contribution is 2.20. The number of hydrogen-bond donors (Lipinski definition) is 0. The van der Waals surface area contributed by atoms with Crippen LogP contribution in [0.25, 0.3) is 11.0 Å². The molecule has 0 unspecified atom stereocenters. The van der Waals surface area contributed by atoms with Crippen molar-refractivity contribution in [3.05, 3.63) is 70.9 Å². The molecule has 0 saturated carbocycles. The topological polar surface area (TPSA) is 50.3 Å². The fourth-order valence-corrected chi connectivity index (χ4v) is 3.69. The lowest BCUT2D eigenvalue weighted by Gasteiger charge is -2.16. The zero-order valence-electron chi connectivity index (χ0n) is 16.7. The van der Waals surface area contributed by atoms with Gasteiger partial charge in [0.15, 0.2) is 5.82 Å². The van der Waals surface area contributed by atoms with Crippen molar-refractivity contribution in [2.45, 2.75) is 45.6 Å². The summed E-state index contributed by atoms with van der Waals surface area (Å²) >= 11 is 0. The third-order valence-corrected chi connectivity index (χ3v) is 6.24. The highest BCUT2D eigenvalue weighted by atomic mass is 28.3. The number of aromatic nitrogens is 2. The van der Waals surface area contributed by atoms with Gasteiger partial charge in [-0.15, -0.1) is 0 Å². The molecule has 0 amide bonds. The van der Waals surface area contributed by atoms with Crippen LogP contribution in [0.15, 0.2) is 48.7 Å². The van der Waals surface area contributed by atoms with E-state index in [-0.39, 0.29) is 6.73 Å². The minimum absolute atomic E-state index is 0.265. The fourth-order valence-electron chi connectivity index (χ4n) is 2.93. The van der Waals surface area contributed by atoms with Gasteiger partial charge in [0.25, 0.3) is 0 Å². The van der Waals surface area contributed by atoms with Gasteiger partial charge in [-0.3, -0.25) is 0 Å². The molecule has 0 spiro atoms. The highest BCUT2D eigenvalue weighted by Gasteiger charge is 2.18. The Bertz CT molecular complexity index is 923. The molecule has 150 valence electrons. The Hall–Kier alpha value is -2.22. The molecule has 0 aliphatic heterocycles. The molecule has 2 aromatic heterocycles. The van der Waals surface area contributed by atoms with Gasteiger partial charge in [0.1, 0.15) is 12.2 Å². The Balaban J connectivity index is 1.76. The fraction of sp³-hybridized carbons (Fsp3) is 0.381. The van der Waals surface area contributed by atoms with E-state index in [0.29, 0.717) is 35.6 Å². The van der Waals surface area contributed by atoms with Crippen LogP contribution in [0.5, 0.6) is 0 Å². The van der Waals surface area contributed by atoms with Crippen LogP contribution >= 0.6 is 0 Å². The van der Waals surface area contributed by atoms with E-state index in [9.17, 15) is 9.60 Å². The van der Waals surface area contributed by atoms with Gasteiger partial charge in [-0.2, -0.15) is 4.73 Å². The molecule has 1 aromatic carbocycles. The minimum Gasteiger partial charge on any atom is -0.618 e. The van der Waals surface area contributed by atoms with Crippen LogP contribution in [0.2, 0.25) is 25.7 Å². The van der Waals surface area contributed by atoms with E-state index < -0.39 is 13.9 Å². The summed E-state index contributed by atoms with van der Waals surface area (Å²) in [6.45, 7) is 8.56. The molecule has 0 aliphatic carbocycles. The minimum atomic E-state index is -1.20. The Labute approximate surface area is 165 Å². The lowest BCUT2D eigenvalue weighted by molar-refractivity contribution is -0.578. The van der Waals surface area contributed by atoms with E-state index in [1.165, 1.54) is 6.07 Å². The number of fused-ring (bicyclic) bond motifs is 1. The number of halogens is 1. The molecule has 7 heteroatoms. The Kier molecular flexibility index (Phi) is 6.48. The summed E-state index contributed by atoms with van der Waals surface area (Å²) in [5.41, 5.74) is 2.78. The predicted octanol–water partition coefficient (Wildman–Crippen LogP) is 4.44. The normalized spacial score (nSPS) is 12.0. The van der Waals surface area contributed by atoms with E-state index in [4.69, 9.17) is 9.47 Å². The molecule has 0 bridgehead atoms. The quantitative estimate of drug-likeness (QED) is 0.230. The lowest BCUT2D eigenvalue weighted by atomic mass is 10.2. The molecule has 0 N–H and O–H groups in total. The summed E-state index contributed by atoms with van der Waals surface area (Å²) in [6.07, 6.45) is 0.938. The standard InChI is InChI=1S/C21H27FN2O3Si/c1-28(2,3)10-9-26-16-23-19(15-27-14-17-7-5-4-6-8-17)12-21-20(23)11-18(22)13-24(21)25/h4-8,11-13H,9-10,14-16H2,1-3H3. The third kappa shape index (κ3) is 5.40. The van der Waals surface area contributed by atoms with Crippen molar-refractivity contribution < 1.29 is 18.6 Å². The van der Waals surface area contributed by atoms with Crippen LogP contribution in [0.1, 0.15) is 11.3 Å². The third-order valence-electron chi connectivity index (χ3n) is 4.53. The van der Waals surface area contributed by atoms with E-state index in [2.05, 4.69) is 19.6 Å². The summed E-state index contributed by atoms with van der Waals surface area (Å²) in [5, 5.41) is 12.1. The number of nitrogens with zero attached hydrogens (tertiary/aromatic N) is 2. The highest BCUT2D eigenvalue weighted by molar-refractivity contribution is 6.76. The maximum atomic E-state index is 13.8. The van der Waals surface area contributed by atoms with E-state index in [0.717, 1.165) is 23.5 Å². The van der Waals surface area contributed by atoms with Crippen LogP contribution in [0, 0.1) is 11.0 Å². The summed E-state index contributed by atoms with van der Waals surface area (Å²) in [5.74, 6) is -0.569. The van der Waals surface area contributed by atoms with Gasteiger partial charge in [0.2, 0.25) is 11.7 Å². The van der Waals surface area contributed by atoms with Gasteiger partial charge in [-0.05, 0) is 11.6 Å². The van der Waals surface area contributed by atoms with Crippen molar-refractivity contribution in [2.24, 2.45) is 0 Å². The first kappa shape index (κ1) is 20.5. The Morgan fingerprint density at radius 1 is 1.07 bits per heavy atom. The Morgan fingerprint density at radius 2 is 1.82 bits per heavy atom. The van der Waals surface area contributed by atoms with Crippen molar-refractivity contribution in [1.82, 2.24) is 4.57 Å². The molecule has 3 rings (SSSR count). The molecule has 0 aliphatic rings. The summed E-state index contributed by atoms with van der Waals surface area (Å²) in [4.78, 5) is 0. The molecular weight excluding hydrogens is 375 g/mol. The molecular formula is C21H27FN2O3Si. The Morgan fingerprint density at radius 3 is 2.54 bits per heavy atom. The summed E-state index contributed by atoms with van der Waals surface area (Å²) in [7, 11) is -1.20. The molecule has 0 fully saturated rings. The maximum Gasteiger partial charge on any atom is 0.242 e. The summed E-state index contributed by atoms with van der Waals surface area (Å²) < 4.78 is 27.9. The molecule has 0 radical (unpaired) electrons. The second-order valence-electron chi connectivity index (χ2n) is 8.14. The molecule has 3 aromatic rings. The largest absolute Gasteiger partial charge is 0.618 e. The molecule has 0 saturated heterocycles. The number of rotatable bonds is 9. The second-order valence-corrected chi connectivity index (χ2v) is 13.8. The van der Waals surface area contributed by atoms with Crippen molar-refractivity contribution in [2.75, 3.05) is 6.61 Å². The van der Waals surface area contributed by atoms with Gasteiger partial charge < -0.3 is 19.2 Å². The van der Waals surface area contributed by atoms with Crippen molar-refractivity contribution in [3.8, 4) is 0 Å². The van der Waals surface area contributed by atoms with Crippen molar-refractivity contribution in [1.29, 1.82) is 0 Å². The van der Waals surface area contributed by atoms with Crippen LogP contribution in [-0.4, -0.2) is 19.2 Å². The van der Waals surface area contributed by atoms with Gasteiger partial charge >= 0.3 is 0 Å². The molecule has 0 atom stereocenters. The van der Waals surface area contributed by atoms with E-state index in [1.807, 2.05) is 34.9 Å². The first-order valence-electron chi connectivity index (χ1n) is 9.44. The number of benzene rings is 1. The number of ether oxygens (including phenoxy) is 2. The SMILES string of the molecule is C[Si](C)(C)CCOCn1c(COCc2ccccc2)cc2c1cc(F)c[n+]2[O-]. The zero-order valence-corrected chi connectivity index (χ0v) is 17.7. The van der Waals surface area contributed by atoms with Crippen LogP contribution in [0.3, 0.4) is 0 Å². The molecule has 2 heterocycles. The van der Waals surface area contributed by atoms with Gasteiger partial charge in [0, 0.05) is 26.8 Å². The average molecular weight is 403 g/mol. The molecule has 28 heavy (non-hydrogen) atoms. The van der Waals surface area contributed by atoms with E-state index >= 15 is 0 Å². The van der Waals surface area contributed by atoms with Crippen molar-refractivity contribution in [3.63, 3.8) is 0 Å². The number of pyridine rings is 1. The van der Waals surface area contributed by atoms with Gasteiger partial charge in [-0.25, -0.2) is 4.39 Å². The maximum absolute atomic E-state index is 13.8. The van der Waals surface area contributed by atoms with Crippen LogP contribution in [0.4, 0.5) is 4.39 Å². The van der Waals surface area contributed by atoms with Crippen LogP contribution in [-0.2, 0) is 29.4 Å². The van der Waals surface area contributed by atoms with Gasteiger partial charge in [0.05, 0.1) is 18.9 Å². The monoisotopic (exact) mass is 402 g/mol. The zero-order chi connectivity index (χ0) is 20.1. The average Bonchev–Trinajstić information content (AvgIpc) is 2.97. The summed E-state index contributed by atoms with van der Waals surface area (Å²) in [6, 6.07) is 14.0. The predicted molar refractivity (Wildman–Crippen MR) is 110 cm³/mol. The number of hydrogen-bond acceptors (Lipinski definition) is 3. The molecule has 5 nitrogen and oxygen atoms in total.